The fraction of sp³-hybridized carbons (Fsp3) is 0.316. The molecule has 0 heterocycles. The zero-order valence-corrected chi connectivity index (χ0v) is 19.5. The predicted molar refractivity (Wildman–Crippen MR) is 114 cm³/mol. The highest BCUT2D eigenvalue weighted by Crippen LogP contribution is 2.45. The van der Waals surface area contributed by atoms with Gasteiger partial charge in [-0.2, -0.15) is 26.3 Å². The molecule has 0 aromatic heterocycles. The van der Waals surface area contributed by atoms with E-state index in [9.17, 15) is 40.6 Å². The monoisotopic (exact) mass is 562 g/mol. The molecule has 14 heteroatoms. The number of rotatable bonds is 6. The van der Waals surface area contributed by atoms with Crippen LogP contribution in [0, 0.1) is 0 Å². The first-order valence-electron chi connectivity index (χ1n) is 9.21. The first kappa shape index (κ1) is 27.2. The first-order chi connectivity index (χ1) is 15.0. The Morgan fingerprint density at radius 3 is 2.09 bits per heavy atom. The van der Waals surface area contributed by atoms with E-state index in [0.29, 0.717) is 23.0 Å². The fourth-order valence-corrected chi connectivity index (χ4v) is 4.56. The summed E-state index contributed by atoms with van der Waals surface area (Å²) >= 11 is 3.12. The number of amides is 2. The second-order valence-electron chi connectivity index (χ2n) is 6.88. The van der Waals surface area contributed by atoms with Crippen molar-refractivity contribution >= 4 is 46.2 Å². The Balaban J connectivity index is 2.37. The van der Waals surface area contributed by atoms with Crippen molar-refractivity contribution in [2.45, 2.75) is 38.7 Å². The van der Waals surface area contributed by atoms with E-state index in [2.05, 4.69) is 21.2 Å². The van der Waals surface area contributed by atoms with Crippen LogP contribution in [0.15, 0.2) is 40.9 Å². The molecule has 3 N–H and O–H groups in total. The lowest BCUT2D eigenvalue weighted by Gasteiger charge is -2.20. The second-order valence-corrected chi connectivity index (χ2v) is 9.53. The van der Waals surface area contributed by atoms with Crippen LogP contribution in [-0.2, 0) is 21.4 Å². The largest absolute Gasteiger partial charge is 0.416 e. The number of alkyl halides is 6. The maximum Gasteiger partial charge on any atom is 0.416 e. The summed E-state index contributed by atoms with van der Waals surface area (Å²) in [6.07, 6.45) is -10.4. The van der Waals surface area contributed by atoms with Crippen LogP contribution in [0.4, 0.5) is 42.5 Å². The molecule has 0 radical (unpaired) electrons. The first-order valence-corrected chi connectivity index (χ1v) is 11.6. The Morgan fingerprint density at radius 1 is 1.06 bits per heavy atom. The SMILES string of the molecule is CCC(C)OP(=O)(O)c1cc(Br)ccc1NC(=O)Nc1cc(C(F)(F)F)cc(C(F)(F)F)c1. The minimum Gasteiger partial charge on any atom is -0.321 e. The average Bonchev–Trinajstić information content (AvgIpc) is 2.67. The zero-order valence-electron chi connectivity index (χ0n) is 17.0. The van der Waals surface area contributed by atoms with Crippen molar-refractivity contribution in [2.75, 3.05) is 10.6 Å². The zero-order chi connectivity index (χ0) is 25.2. The highest BCUT2D eigenvalue weighted by atomic mass is 79.9. The number of carbonyl (C=O) groups is 1. The molecule has 0 bridgehead atoms. The van der Waals surface area contributed by atoms with Crippen molar-refractivity contribution in [2.24, 2.45) is 0 Å². The summed E-state index contributed by atoms with van der Waals surface area (Å²) < 4.78 is 96.2. The summed E-state index contributed by atoms with van der Waals surface area (Å²) in [4.78, 5) is 22.7. The van der Waals surface area contributed by atoms with Crippen molar-refractivity contribution in [3.8, 4) is 0 Å². The quantitative estimate of drug-likeness (QED) is 0.268. The maximum absolute atomic E-state index is 13.0. The average molecular weight is 563 g/mol. The number of anilines is 2. The number of halogens is 7. The van der Waals surface area contributed by atoms with Crippen molar-refractivity contribution in [3.63, 3.8) is 0 Å². The standard InChI is InChI=1S/C19H18BrF6N2O4P/c1-3-10(2)32-33(30,31)16-9-13(20)4-5-15(16)28-17(29)27-14-7-11(18(21,22)23)6-12(8-14)19(24,25)26/h4-10H,3H2,1-2H3,(H,30,31)(H2,27,28,29). The molecule has 0 saturated heterocycles. The van der Waals surface area contributed by atoms with Gasteiger partial charge in [0.2, 0.25) is 0 Å². The number of carbonyl (C=O) groups excluding carboxylic acids is 1. The van der Waals surface area contributed by atoms with Crippen LogP contribution in [0.2, 0.25) is 0 Å². The van der Waals surface area contributed by atoms with Crippen LogP contribution in [-0.4, -0.2) is 17.0 Å². The van der Waals surface area contributed by atoms with Gasteiger partial charge in [0.15, 0.2) is 0 Å². The van der Waals surface area contributed by atoms with Gasteiger partial charge in [0.1, 0.15) is 0 Å². The van der Waals surface area contributed by atoms with Gasteiger partial charge in [0.25, 0.3) is 0 Å². The lowest BCUT2D eigenvalue weighted by Crippen LogP contribution is -2.25. The lowest BCUT2D eigenvalue weighted by atomic mass is 10.1. The van der Waals surface area contributed by atoms with E-state index in [1.165, 1.54) is 18.2 Å². The molecule has 0 aliphatic heterocycles. The normalized spacial score (nSPS) is 15.0. The van der Waals surface area contributed by atoms with Crippen LogP contribution in [0.25, 0.3) is 0 Å². The summed E-state index contributed by atoms with van der Waals surface area (Å²) in [5.74, 6) is 0. The molecule has 33 heavy (non-hydrogen) atoms. The third-order valence-electron chi connectivity index (χ3n) is 4.26. The molecule has 2 unspecified atom stereocenters. The van der Waals surface area contributed by atoms with Gasteiger partial charge in [-0.1, -0.05) is 22.9 Å². The van der Waals surface area contributed by atoms with E-state index in [-0.39, 0.29) is 17.1 Å². The summed E-state index contributed by atoms with van der Waals surface area (Å²) in [7, 11) is -4.45. The van der Waals surface area contributed by atoms with Gasteiger partial charge in [0, 0.05) is 10.2 Å². The second kappa shape index (κ2) is 10.0. The third-order valence-corrected chi connectivity index (χ3v) is 6.37. The number of benzene rings is 2. The topological polar surface area (TPSA) is 87.7 Å². The molecular weight excluding hydrogens is 545 g/mol. The molecule has 6 nitrogen and oxygen atoms in total. The van der Waals surface area contributed by atoms with Gasteiger partial charge in [-0.25, -0.2) is 4.79 Å². The smallest absolute Gasteiger partial charge is 0.321 e. The van der Waals surface area contributed by atoms with Crippen molar-refractivity contribution in [3.05, 3.63) is 52.0 Å². The van der Waals surface area contributed by atoms with E-state index < -0.39 is 48.9 Å². The van der Waals surface area contributed by atoms with Gasteiger partial charge in [0.05, 0.1) is 28.2 Å². The Kier molecular flexibility index (Phi) is 8.27. The van der Waals surface area contributed by atoms with Crippen molar-refractivity contribution in [1.82, 2.24) is 0 Å². The van der Waals surface area contributed by atoms with Crippen LogP contribution in [0.5, 0.6) is 0 Å². The third kappa shape index (κ3) is 7.46. The van der Waals surface area contributed by atoms with Crippen molar-refractivity contribution in [1.29, 1.82) is 0 Å². The summed E-state index contributed by atoms with van der Waals surface area (Å²) in [5.41, 5.74) is -4.23. The molecule has 0 saturated carbocycles. The summed E-state index contributed by atoms with van der Waals surface area (Å²) in [5, 5.41) is 3.71. The minimum absolute atomic E-state index is 0.0792. The Labute approximate surface area is 193 Å². The Bertz CT molecular complexity index is 1040. The van der Waals surface area contributed by atoms with Gasteiger partial charge < -0.3 is 20.1 Å². The molecule has 2 rings (SSSR count). The number of urea groups is 1. The summed E-state index contributed by atoms with van der Waals surface area (Å²) in [6, 6.07) is 3.16. The van der Waals surface area contributed by atoms with Crippen LogP contribution < -0.4 is 15.9 Å². The number of hydrogen-bond donors (Lipinski definition) is 3. The summed E-state index contributed by atoms with van der Waals surface area (Å²) in [6.45, 7) is 3.26. The maximum atomic E-state index is 13.0. The number of hydrogen-bond acceptors (Lipinski definition) is 3. The fourth-order valence-electron chi connectivity index (χ4n) is 2.53. The molecule has 2 amide bonds. The van der Waals surface area contributed by atoms with Crippen LogP contribution in [0.3, 0.4) is 0 Å². The Morgan fingerprint density at radius 2 is 1.61 bits per heavy atom. The molecule has 0 fully saturated rings. The lowest BCUT2D eigenvalue weighted by molar-refractivity contribution is -0.143. The number of nitrogens with one attached hydrogen (secondary N) is 2. The van der Waals surface area contributed by atoms with Crippen LogP contribution >= 0.6 is 23.5 Å². The predicted octanol–water partition coefficient (Wildman–Crippen LogP) is 6.76. The minimum atomic E-state index is -5.09. The molecule has 0 aliphatic carbocycles. The van der Waals surface area contributed by atoms with E-state index in [4.69, 9.17) is 4.52 Å². The van der Waals surface area contributed by atoms with Gasteiger partial charge in [-0.15, -0.1) is 0 Å². The van der Waals surface area contributed by atoms with Gasteiger partial charge in [-0.05, 0) is 49.7 Å². The molecule has 0 spiro atoms. The molecule has 2 aromatic rings. The van der Waals surface area contributed by atoms with Gasteiger partial charge >= 0.3 is 26.0 Å². The molecule has 0 aliphatic rings. The van der Waals surface area contributed by atoms with E-state index >= 15 is 0 Å². The van der Waals surface area contributed by atoms with Crippen LogP contribution in [0.1, 0.15) is 31.4 Å². The van der Waals surface area contributed by atoms with E-state index in [0.717, 1.165) is 0 Å². The highest BCUT2D eigenvalue weighted by molar-refractivity contribution is 9.10. The van der Waals surface area contributed by atoms with Crippen molar-refractivity contribution < 1.29 is 45.1 Å². The van der Waals surface area contributed by atoms with E-state index in [1.807, 2.05) is 5.32 Å². The molecule has 182 valence electrons. The van der Waals surface area contributed by atoms with Gasteiger partial charge in [-0.3, -0.25) is 4.57 Å². The Hall–Kier alpha value is -2.08. The highest BCUT2D eigenvalue weighted by Gasteiger charge is 2.37. The molecule has 2 atom stereocenters. The molecule has 2 aromatic carbocycles. The van der Waals surface area contributed by atoms with E-state index in [1.54, 1.807) is 13.8 Å². The molecular formula is C19H18BrF6N2O4P.